The molecular weight excluding hydrogens is 342 g/mol. The molecule has 1 heterocycles. The maximum atomic E-state index is 12.7. The molecule has 1 aromatic heterocycles. The van der Waals surface area contributed by atoms with E-state index >= 15 is 0 Å². The zero-order chi connectivity index (χ0) is 15.8. The molecule has 3 rings (SSSR count). The first-order valence-corrected chi connectivity index (χ1v) is 9.51. The number of rotatable bonds is 5. The molecule has 0 saturated heterocycles. The average Bonchev–Trinajstić information content (AvgIpc) is 3.17. The number of halogens is 1. The smallest absolute Gasteiger partial charge is 0.242 e. The van der Waals surface area contributed by atoms with Crippen molar-refractivity contribution in [2.75, 3.05) is 0 Å². The van der Waals surface area contributed by atoms with Gasteiger partial charge >= 0.3 is 0 Å². The van der Waals surface area contributed by atoms with Crippen molar-refractivity contribution in [1.82, 2.24) is 5.32 Å². The molecule has 0 atom stereocenters. The molecule has 4 nitrogen and oxygen atoms in total. The molecule has 1 aliphatic carbocycles. The lowest BCUT2D eigenvalue weighted by Crippen LogP contribution is -2.41. The lowest BCUT2D eigenvalue weighted by molar-refractivity contribution is -0.121. The van der Waals surface area contributed by atoms with Crippen molar-refractivity contribution in [2.24, 2.45) is 0 Å². The highest BCUT2D eigenvalue weighted by Crippen LogP contribution is 2.47. The molecule has 1 saturated carbocycles. The van der Waals surface area contributed by atoms with Crippen LogP contribution in [0, 0.1) is 0 Å². The van der Waals surface area contributed by atoms with Gasteiger partial charge in [-0.1, -0.05) is 17.7 Å². The average molecular weight is 356 g/mol. The zero-order valence-corrected chi connectivity index (χ0v) is 14.0. The van der Waals surface area contributed by atoms with Gasteiger partial charge < -0.3 is 5.32 Å². The van der Waals surface area contributed by atoms with Crippen LogP contribution in [0.25, 0.3) is 0 Å². The van der Waals surface area contributed by atoms with Crippen molar-refractivity contribution in [3.63, 3.8) is 0 Å². The third kappa shape index (κ3) is 2.66. The van der Waals surface area contributed by atoms with E-state index in [9.17, 15) is 13.2 Å². The van der Waals surface area contributed by atoms with Crippen LogP contribution >= 0.6 is 22.9 Å². The fraction of sp³-hybridized carbons (Fsp3) is 0.267. The number of nitrogens with one attached hydrogen (secondary N) is 1. The predicted octanol–water partition coefficient (Wildman–Crippen LogP) is 3.02. The normalized spacial score (nSPS) is 16.2. The van der Waals surface area contributed by atoms with E-state index < -0.39 is 20.5 Å². The van der Waals surface area contributed by atoms with Gasteiger partial charge in [-0.25, -0.2) is 8.42 Å². The minimum absolute atomic E-state index is 0.140. The highest BCUT2D eigenvalue weighted by Gasteiger charge is 2.61. The van der Waals surface area contributed by atoms with Gasteiger partial charge in [0, 0.05) is 9.90 Å². The molecule has 0 aliphatic heterocycles. The van der Waals surface area contributed by atoms with Gasteiger partial charge in [-0.05, 0) is 48.6 Å². The Kier molecular flexibility index (Phi) is 4.01. The van der Waals surface area contributed by atoms with Crippen LogP contribution in [0.4, 0.5) is 0 Å². The first-order valence-electron chi connectivity index (χ1n) is 6.77. The summed E-state index contributed by atoms with van der Waals surface area (Å²) in [4.78, 5) is 13.5. The van der Waals surface area contributed by atoms with Crippen LogP contribution in [0.15, 0.2) is 46.7 Å². The van der Waals surface area contributed by atoms with E-state index in [0.717, 1.165) is 4.88 Å². The minimum atomic E-state index is -3.70. The number of benzene rings is 1. The molecular formula is C15H14ClNO3S2. The summed E-state index contributed by atoms with van der Waals surface area (Å²) in [5.74, 6) is -0.421. The molecule has 0 bridgehead atoms. The van der Waals surface area contributed by atoms with Crippen molar-refractivity contribution in [1.29, 1.82) is 0 Å². The molecule has 1 fully saturated rings. The third-order valence-electron chi connectivity index (χ3n) is 3.76. The first kappa shape index (κ1) is 15.5. The molecule has 1 aliphatic rings. The quantitative estimate of drug-likeness (QED) is 0.896. The Labute approximate surface area is 138 Å². The summed E-state index contributed by atoms with van der Waals surface area (Å²) >= 11 is 7.31. The van der Waals surface area contributed by atoms with Crippen LogP contribution in [-0.2, 0) is 21.2 Å². The fourth-order valence-electron chi connectivity index (χ4n) is 2.31. The number of carbonyl (C=O) groups excluding carboxylic acids is 1. The second-order valence-corrected chi connectivity index (χ2v) is 8.94. The summed E-state index contributed by atoms with van der Waals surface area (Å²) in [7, 11) is -3.70. The number of thiophene rings is 1. The van der Waals surface area contributed by atoms with Crippen LogP contribution in [0.2, 0.25) is 5.02 Å². The fourth-order valence-corrected chi connectivity index (χ4v) is 4.98. The Balaban J connectivity index is 1.80. The van der Waals surface area contributed by atoms with Gasteiger partial charge in [0.2, 0.25) is 5.91 Å². The van der Waals surface area contributed by atoms with E-state index in [1.165, 1.54) is 35.6 Å². The second kappa shape index (κ2) is 5.68. The minimum Gasteiger partial charge on any atom is -0.350 e. The molecule has 0 radical (unpaired) electrons. The Morgan fingerprint density at radius 3 is 2.45 bits per heavy atom. The molecule has 2 aromatic rings. The molecule has 1 aromatic carbocycles. The zero-order valence-electron chi connectivity index (χ0n) is 11.6. The van der Waals surface area contributed by atoms with Gasteiger partial charge in [-0.3, -0.25) is 4.79 Å². The summed E-state index contributed by atoms with van der Waals surface area (Å²) in [6.45, 7) is 0.356. The first-order chi connectivity index (χ1) is 10.5. The third-order valence-corrected chi connectivity index (χ3v) is 7.40. The highest BCUT2D eigenvalue weighted by molar-refractivity contribution is 7.94. The van der Waals surface area contributed by atoms with Gasteiger partial charge in [0.25, 0.3) is 0 Å². The van der Waals surface area contributed by atoms with E-state index in [1.807, 2.05) is 17.5 Å². The van der Waals surface area contributed by atoms with Crippen LogP contribution in [-0.4, -0.2) is 19.1 Å². The molecule has 22 heavy (non-hydrogen) atoms. The highest BCUT2D eigenvalue weighted by atomic mass is 35.5. The molecule has 1 amide bonds. The molecule has 7 heteroatoms. The van der Waals surface area contributed by atoms with Crippen LogP contribution in [0.3, 0.4) is 0 Å². The summed E-state index contributed by atoms with van der Waals surface area (Å²) in [6.07, 6.45) is 0.711. The summed E-state index contributed by atoms with van der Waals surface area (Å²) in [5, 5.41) is 5.12. The Morgan fingerprint density at radius 1 is 1.23 bits per heavy atom. The maximum absolute atomic E-state index is 12.7. The van der Waals surface area contributed by atoms with E-state index in [-0.39, 0.29) is 4.90 Å². The summed E-state index contributed by atoms with van der Waals surface area (Å²) in [6, 6.07) is 9.73. The number of carbonyl (C=O) groups is 1. The van der Waals surface area contributed by atoms with Crippen molar-refractivity contribution >= 4 is 38.7 Å². The SMILES string of the molecule is O=C(NCc1cccs1)C1(S(=O)(=O)c2ccc(Cl)cc2)CC1. The number of amides is 1. The monoisotopic (exact) mass is 355 g/mol. The largest absolute Gasteiger partial charge is 0.350 e. The summed E-state index contributed by atoms with van der Waals surface area (Å²) < 4.78 is 24.1. The topological polar surface area (TPSA) is 63.2 Å². The lowest BCUT2D eigenvalue weighted by atomic mass is 10.3. The Bertz CT molecular complexity index is 779. The molecule has 116 valence electrons. The van der Waals surface area contributed by atoms with Gasteiger partial charge in [0.05, 0.1) is 11.4 Å². The Morgan fingerprint density at radius 2 is 1.91 bits per heavy atom. The standard InChI is InChI=1S/C15H14ClNO3S2/c16-11-3-5-13(6-4-11)22(19,20)15(7-8-15)14(18)17-10-12-2-1-9-21-12/h1-6,9H,7-8,10H2,(H,17,18). The van der Waals surface area contributed by atoms with Gasteiger partial charge in [0.1, 0.15) is 0 Å². The van der Waals surface area contributed by atoms with Crippen molar-refractivity contribution in [3.05, 3.63) is 51.7 Å². The van der Waals surface area contributed by atoms with Crippen LogP contribution in [0.5, 0.6) is 0 Å². The van der Waals surface area contributed by atoms with E-state index in [2.05, 4.69) is 5.32 Å². The van der Waals surface area contributed by atoms with Crippen molar-refractivity contribution < 1.29 is 13.2 Å². The van der Waals surface area contributed by atoms with Gasteiger partial charge in [-0.2, -0.15) is 0 Å². The van der Waals surface area contributed by atoms with E-state index in [1.54, 1.807) is 0 Å². The Hall–Kier alpha value is -1.37. The maximum Gasteiger partial charge on any atom is 0.242 e. The van der Waals surface area contributed by atoms with Gasteiger partial charge in [0.15, 0.2) is 14.6 Å². The van der Waals surface area contributed by atoms with E-state index in [4.69, 9.17) is 11.6 Å². The van der Waals surface area contributed by atoms with Crippen molar-refractivity contribution in [2.45, 2.75) is 29.0 Å². The van der Waals surface area contributed by atoms with Gasteiger partial charge in [-0.15, -0.1) is 11.3 Å². The predicted molar refractivity (Wildman–Crippen MR) is 86.8 cm³/mol. The lowest BCUT2D eigenvalue weighted by Gasteiger charge is -2.16. The van der Waals surface area contributed by atoms with Crippen LogP contribution < -0.4 is 5.32 Å². The number of hydrogen-bond acceptors (Lipinski definition) is 4. The van der Waals surface area contributed by atoms with Crippen molar-refractivity contribution in [3.8, 4) is 0 Å². The van der Waals surface area contributed by atoms with E-state index in [0.29, 0.717) is 24.4 Å². The molecule has 0 spiro atoms. The number of hydrogen-bond donors (Lipinski definition) is 1. The number of sulfone groups is 1. The molecule has 1 N–H and O–H groups in total. The summed E-state index contributed by atoms with van der Waals surface area (Å²) in [5.41, 5.74) is 0. The second-order valence-electron chi connectivity index (χ2n) is 5.21. The molecule has 0 unspecified atom stereocenters. The van der Waals surface area contributed by atoms with Crippen LogP contribution in [0.1, 0.15) is 17.7 Å².